The van der Waals surface area contributed by atoms with Gasteiger partial charge in [0.2, 0.25) is 10.0 Å². The van der Waals surface area contributed by atoms with E-state index < -0.39 is 10.0 Å². The van der Waals surface area contributed by atoms with Gasteiger partial charge in [-0.05, 0) is 44.0 Å². The Bertz CT molecular complexity index is 594. The van der Waals surface area contributed by atoms with Gasteiger partial charge in [0.25, 0.3) is 0 Å². The van der Waals surface area contributed by atoms with Crippen LogP contribution in [0.2, 0.25) is 0 Å². The van der Waals surface area contributed by atoms with Crippen LogP contribution in [0.5, 0.6) is 0 Å². The van der Waals surface area contributed by atoms with Crippen LogP contribution < -0.4 is 5.32 Å². The molecule has 0 aliphatic rings. The van der Waals surface area contributed by atoms with E-state index in [2.05, 4.69) is 18.8 Å². The standard InChI is InChI=1S/C16H26N2O2S/c1-6-10-17-11-15-8-7-9-16(14(15)4)21(19,20)18(5)12-13(2)3/h7-9,17H,2,6,10-12H2,1,3-5H3. The van der Waals surface area contributed by atoms with Crippen molar-refractivity contribution in [3.63, 3.8) is 0 Å². The third-order valence-corrected chi connectivity index (χ3v) is 5.27. The fraction of sp³-hybridized carbons (Fsp3) is 0.500. The molecule has 0 heterocycles. The van der Waals surface area contributed by atoms with E-state index >= 15 is 0 Å². The van der Waals surface area contributed by atoms with E-state index in [1.807, 2.05) is 19.9 Å². The molecule has 0 fully saturated rings. The van der Waals surface area contributed by atoms with Crippen LogP contribution in [0.4, 0.5) is 0 Å². The fourth-order valence-electron chi connectivity index (χ4n) is 2.16. The summed E-state index contributed by atoms with van der Waals surface area (Å²) < 4.78 is 26.6. The van der Waals surface area contributed by atoms with Crippen LogP contribution in [-0.2, 0) is 16.6 Å². The van der Waals surface area contributed by atoms with Crippen LogP contribution in [0.1, 0.15) is 31.4 Å². The van der Waals surface area contributed by atoms with Crippen LogP contribution in [-0.4, -0.2) is 32.9 Å². The third kappa shape index (κ3) is 4.66. The lowest BCUT2D eigenvalue weighted by atomic mass is 10.1. The summed E-state index contributed by atoms with van der Waals surface area (Å²) in [5.74, 6) is 0. The number of benzene rings is 1. The first-order chi connectivity index (χ1) is 9.80. The van der Waals surface area contributed by atoms with E-state index in [1.54, 1.807) is 19.2 Å². The number of rotatable bonds is 8. The van der Waals surface area contributed by atoms with Crippen molar-refractivity contribution < 1.29 is 8.42 Å². The molecule has 5 heteroatoms. The molecule has 1 aromatic carbocycles. The van der Waals surface area contributed by atoms with Gasteiger partial charge in [0.05, 0.1) is 4.90 Å². The Kier molecular flexibility index (Phi) is 6.58. The van der Waals surface area contributed by atoms with Crippen molar-refractivity contribution in [2.24, 2.45) is 0 Å². The average molecular weight is 310 g/mol. The molecule has 0 saturated carbocycles. The Morgan fingerprint density at radius 2 is 2.05 bits per heavy atom. The summed E-state index contributed by atoms with van der Waals surface area (Å²) in [5, 5.41) is 3.31. The monoisotopic (exact) mass is 310 g/mol. The maximum Gasteiger partial charge on any atom is 0.243 e. The van der Waals surface area contributed by atoms with Gasteiger partial charge in [-0.1, -0.05) is 31.2 Å². The van der Waals surface area contributed by atoms with Gasteiger partial charge in [-0.15, -0.1) is 0 Å². The molecule has 0 aromatic heterocycles. The summed E-state index contributed by atoms with van der Waals surface area (Å²) in [6.45, 7) is 11.5. The van der Waals surface area contributed by atoms with Gasteiger partial charge in [0.15, 0.2) is 0 Å². The van der Waals surface area contributed by atoms with E-state index in [4.69, 9.17) is 0 Å². The number of likely N-dealkylation sites (N-methyl/N-ethyl adjacent to an activating group) is 1. The zero-order valence-electron chi connectivity index (χ0n) is 13.4. The summed E-state index contributed by atoms with van der Waals surface area (Å²) >= 11 is 0. The molecule has 0 aliphatic heterocycles. The summed E-state index contributed by atoms with van der Waals surface area (Å²) in [4.78, 5) is 0.377. The molecule has 21 heavy (non-hydrogen) atoms. The quantitative estimate of drug-likeness (QED) is 0.593. The van der Waals surface area contributed by atoms with Crippen LogP contribution in [0.3, 0.4) is 0 Å². The smallest absolute Gasteiger partial charge is 0.243 e. The van der Waals surface area contributed by atoms with Gasteiger partial charge in [0.1, 0.15) is 0 Å². The maximum absolute atomic E-state index is 12.6. The minimum atomic E-state index is -3.47. The van der Waals surface area contributed by atoms with Crippen molar-refractivity contribution in [3.8, 4) is 0 Å². The Labute approximate surface area is 128 Å². The first-order valence-electron chi connectivity index (χ1n) is 7.20. The summed E-state index contributed by atoms with van der Waals surface area (Å²) in [6.07, 6.45) is 1.05. The second-order valence-electron chi connectivity index (χ2n) is 5.44. The minimum absolute atomic E-state index is 0.333. The molecule has 0 radical (unpaired) electrons. The lowest BCUT2D eigenvalue weighted by molar-refractivity contribution is 0.492. The van der Waals surface area contributed by atoms with Crippen LogP contribution in [0.15, 0.2) is 35.2 Å². The van der Waals surface area contributed by atoms with E-state index in [1.165, 1.54) is 4.31 Å². The highest BCUT2D eigenvalue weighted by molar-refractivity contribution is 7.89. The highest BCUT2D eigenvalue weighted by Gasteiger charge is 2.23. The zero-order chi connectivity index (χ0) is 16.0. The number of hydrogen-bond donors (Lipinski definition) is 1. The average Bonchev–Trinajstić information content (AvgIpc) is 2.40. The summed E-state index contributed by atoms with van der Waals surface area (Å²) in [6, 6.07) is 5.44. The summed E-state index contributed by atoms with van der Waals surface area (Å²) in [5.41, 5.74) is 2.66. The maximum atomic E-state index is 12.6. The molecule has 0 aliphatic carbocycles. The molecule has 0 saturated heterocycles. The van der Waals surface area contributed by atoms with Gasteiger partial charge < -0.3 is 5.32 Å². The number of sulfonamides is 1. The first kappa shape index (κ1) is 17.9. The summed E-state index contributed by atoms with van der Waals surface area (Å²) in [7, 11) is -1.88. The zero-order valence-corrected chi connectivity index (χ0v) is 14.3. The number of hydrogen-bond acceptors (Lipinski definition) is 3. The van der Waals surface area contributed by atoms with Crippen LogP contribution in [0.25, 0.3) is 0 Å². The predicted octanol–water partition coefficient (Wildman–Crippen LogP) is 2.69. The molecule has 4 nitrogen and oxygen atoms in total. The SMILES string of the molecule is C=C(C)CN(C)S(=O)(=O)c1cccc(CNCCC)c1C. The highest BCUT2D eigenvalue weighted by Crippen LogP contribution is 2.22. The van der Waals surface area contributed by atoms with Gasteiger partial charge >= 0.3 is 0 Å². The molecular weight excluding hydrogens is 284 g/mol. The molecule has 1 rings (SSSR count). The highest BCUT2D eigenvalue weighted by atomic mass is 32.2. The lowest BCUT2D eigenvalue weighted by Gasteiger charge is -2.20. The first-order valence-corrected chi connectivity index (χ1v) is 8.64. The van der Waals surface area contributed by atoms with E-state index in [9.17, 15) is 8.42 Å². The molecule has 118 valence electrons. The van der Waals surface area contributed by atoms with Gasteiger partial charge in [-0.25, -0.2) is 8.42 Å². The van der Waals surface area contributed by atoms with Crippen molar-refractivity contribution in [2.75, 3.05) is 20.1 Å². The molecule has 0 unspecified atom stereocenters. The number of nitrogens with one attached hydrogen (secondary N) is 1. The van der Waals surface area contributed by atoms with Crippen molar-refractivity contribution in [2.45, 2.75) is 38.6 Å². The van der Waals surface area contributed by atoms with Crippen molar-refractivity contribution in [1.29, 1.82) is 0 Å². The minimum Gasteiger partial charge on any atom is -0.313 e. The number of nitrogens with zero attached hydrogens (tertiary/aromatic N) is 1. The van der Waals surface area contributed by atoms with E-state index in [-0.39, 0.29) is 0 Å². The van der Waals surface area contributed by atoms with Gasteiger partial charge in [-0.3, -0.25) is 0 Å². The van der Waals surface area contributed by atoms with Gasteiger partial charge in [0, 0.05) is 20.1 Å². The van der Waals surface area contributed by atoms with Crippen LogP contribution >= 0.6 is 0 Å². The molecule has 0 bridgehead atoms. The van der Waals surface area contributed by atoms with E-state index in [0.29, 0.717) is 18.0 Å². The molecule has 0 atom stereocenters. The van der Waals surface area contributed by atoms with E-state index in [0.717, 1.165) is 29.7 Å². The third-order valence-electron chi connectivity index (χ3n) is 3.32. The predicted molar refractivity (Wildman–Crippen MR) is 87.8 cm³/mol. The second-order valence-corrected chi connectivity index (χ2v) is 7.45. The Hall–Kier alpha value is -1.17. The molecule has 1 aromatic rings. The van der Waals surface area contributed by atoms with Gasteiger partial charge in [-0.2, -0.15) is 4.31 Å². The Balaban J connectivity index is 3.07. The largest absolute Gasteiger partial charge is 0.313 e. The van der Waals surface area contributed by atoms with Crippen molar-refractivity contribution in [1.82, 2.24) is 9.62 Å². The lowest BCUT2D eigenvalue weighted by Crippen LogP contribution is -2.29. The van der Waals surface area contributed by atoms with Crippen LogP contribution in [0, 0.1) is 6.92 Å². The molecular formula is C16H26N2O2S. The van der Waals surface area contributed by atoms with Crippen molar-refractivity contribution in [3.05, 3.63) is 41.5 Å². The Morgan fingerprint density at radius 1 is 1.38 bits per heavy atom. The molecule has 0 amide bonds. The fourth-order valence-corrected chi connectivity index (χ4v) is 3.66. The topological polar surface area (TPSA) is 49.4 Å². The molecule has 0 spiro atoms. The molecule has 1 N–H and O–H groups in total. The Morgan fingerprint density at radius 3 is 2.62 bits per heavy atom. The normalized spacial score (nSPS) is 11.9. The second kappa shape index (κ2) is 7.73. The van der Waals surface area contributed by atoms with Crippen molar-refractivity contribution >= 4 is 10.0 Å².